The third-order valence-electron chi connectivity index (χ3n) is 2.69. The van der Waals surface area contributed by atoms with Gasteiger partial charge in [0.05, 0.1) is 6.61 Å². The van der Waals surface area contributed by atoms with Crippen LogP contribution in [-0.2, 0) is 21.3 Å². The Morgan fingerprint density at radius 2 is 2.20 bits per heavy atom. The summed E-state index contributed by atoms with van der Waals surface area (Å²) in [6.45, 7) is 4.65. The molecule has 0 aliphatic heterocycles. The monoisotopic (exact) mass is 303 g/mol. The highest BCUT2D eigenvalue weighted by Gasteiger charge is 2.19. The minimum Gasteiger partial charge on any atom is -0.383 e. The fourth-order valence-corrected chi connectivity index (χ4v) is 2.40. The Bertz CT molecular complexity index is 565. The second kappa shape index (κ2) is 6.87. The molecule has 1 aromatic rings. The molecule has 1 rings (SSSR count). The van der Waals surface area contributed by atoms with Gasteiger partial charge >= 0.3 is 0 Å². The van der Waals surface area contributed by atoms with Gasteiger partial charge in [-0.15, -0.1) is 0 Å². The molecule has 0 saturated heterocycles. The van der Waals surface area contributed by atoms with Crippen molar-refractivity contribution >= 4 is 15.9 Å². The van der Waals surface area contributed by atoms with Gasteiger partial charge in [-0.1, -0.05) is 6.92 Å². The predicted molar refractivity (Wildman–Crippen MR) is 74.9 cm³/mol. The number of hydrogen-bond donors (Lipinski definition) is 2. The van der Waals surface area contributed by atoms with Gasteiger partial charge in [-0.05, 0) is 19.4 Å². The Morgan fingerprint density at radius 3 is 2.70 bits per heavy atom. The number of carbonyl (C=O) groups is 1. The van der Waals surface area contributed by atoms with Crippen LogP contribution < -0.4 is 10.5 Å². The van der Waals surface area contributed by atoms with Crippen LogP contribution >= 0.6 is 0 Å². The lowest BCUT2D eigenvalue weighted by Gasteiger charge is -2.13. The quantitative estimate of drug-likeness (QED) is 0.756. The second-order valence-electron chi connectivity index (χ2n) is 4.63. The molecule has 8 heteroatoms. The molecule has 0 spiro atoms. The first-order valence-electron chi connectivity index (χ1n) is 6.32. The van der Waals surface area contributed by atoms with Crippen molar-refractivity contribution < 1.29 is 17.9 Å². The fourth-order valence-electron chi connectivity index (χ4n) is 1.84. The SMILES string of the molecule is CCCn1cc(S(N)(=O)=O)cc1C(=O)NC(C)COC. The Hall–Kier alpha value is -1.38. The molecule has 1 aromatic heterocycles. The summed E-state index contributed by atoms with van der Waals surface area (Å²) in [6.07, 6.45) is 2.15. The van der Waals surface area contributed by atoms with E-state index in [4.69, 9.17) is 9.88 Å². The van der Waals surface area contributed by atoms with Gasteiger partial charge in [0.25, 0.3) is 5.91 Å². The summed E-state index contributed by atoms with van der Waals surface area (Å²) in [4.78, 5) is 12.1. The topological polar surface area (TPSA) is 103 Å². The lowest BCUT2D eigenvalue weighted by Crippen LogP contribution is -2.36. The zero-order valence-electron chi connectivity index (χ0n) is 11.9. The molecule has 1 heterocycles. The lowest BCUT2D eigenvalue weighted by atomic mass is 10.3. The predicted octanol–water partition coefficient (Wildman–Crippen LogP) is 0.310. The highest BCUT2D eigenvalue weighted by molar-refractivity contribution is 7.89. The van der Waals surface area contributed by atoms with Crippen molar-refractivity contribution in [1.29, 1.82) is 0 Å². The molecule has 0 saturated carbocycles. The van der Waals surface area contributed by atoms with Crippen LogP contribution in [0.5, 0.6) is 0 Å². The number of hydrogen-bond acceptors (Lipinski definition) is 4. The maximum atomic E-state index is 12.1. The molecule has 0 bridgehead atoms. The first-order valence-corrected chi connectivity index (χ1v) is 7.87. The molecular weight excluding hydrogens is 282 g/mol. The number of aromatic nitrogens is 1. The molecule has 1 unspecified atom stereocenters. The number of amides is 1. The van der Waals surface area contributed by atoms with E-state index in [9.17, 15) is 13.2 Å². The van der Waals surface area contributed by atoms with E-state index in [0.29, 0.717) is 13.2 Å². The molecule has 1 atom stereocenters. The first-order chi connectivity index (χ1) is 9.29. The van der Waals surface area contributed by atoms with E-state index in [2.05, 4.69) is 5.32 Å². The van der Waals surface area contributed by atoms with E-state index in [-0.39, 0.29) is 22.5 Å². The van der Waals surface area contributed by atoms with Gasteiger partial charge in [0.15, 0.2) is 0 Å². The van der Waals surface area contributed by atoms with Gasteiger partial charge in [-0.3, -0.25) is 4.79 Å². The number of ether oxygens (including phenoxy) is 1. The third kappa shape index (κ3) is 4.32. The standard InChI is InChI=1S/C12H21N3O4S/c1-4-5-15-7-10(20(13,17)18)6-11(15)12(16)14-9(2)8-19-3/h6-7,9H,4-5,8H2,1-3H3,(H,14,16)(H2,13,17,18). The van der Waals surface area contributed by atoms with E-state index >= 15 is 0 Å². The van der Waals surface area contributed by atoms with E-state index < -0.39 is 10.0 Å². The molecule has 0 radical (unpaired) electrons. The highest BCUT2D eigenvalue weighted by Crippen LogP contribution is 2.14. The first kappa shape index (κ1) is 16.7. The lowest BCUT2D eigenvalue weighted by molar-refractivity contribution is 0.0896. The van der Waals surface area contributed by atoms with E-state index in [0.717, 1.165) is 6.42 Å². The smallest absolute Gasteiger partial charge is 0.268 e. The van der Waals surface area contributed by atoms with Crippen molar-refractivity contribution in [3.8, 4) is 0 Å². The van der Waals surface area contributed by atoms with Crippen molar-refractivity contribution in [1.82, 2.24) is 9.88 Å². The van der Waals surface area contributed by atoms with Crippen LogP contribution in [0.4, 0.5) is 0 Å². The Morgan fingerprint density at radius 1 is 1.55 bits per heavy atom. The van der Waals surface area contributed by atoms with Crippen molar-refractivity contribution in [3.05, 3.63) is 18.0 Å². The normalized spacial score (nSPS) is 13.2. The van der Waals surface area contributed by atoms with Gasteiger partial charge < -0.3 is 14.6 Å². The molecular formula is C12H21N3O4S. The molecule has 0 aromatic carbocycles. The summed E-state index contributed by atoms with van der Waals surface area (Å²) in [6, 6.07) is 1.12. The summed E-state index contributed by atoms with van der Waals surface area (Å²) < 4.78 is 29.3. The van der Waals surface area contributed by atoms with E-state index in [1.54, 1.807) is 18.6 Å². The zero-order chi connectivity index (χ0) is 15.3. The molecule has 0 aliphatic rings. The van der Waals surface area contributed by atoms with Crippen LogP contribution in [0.15, 0.2) is 17.2 Å². The number of rotatable bonds is 7. The summed E-state index contributed by atoms with van der Waals surface area (Å²) in [5.41, 5.74) is 0.277. The maximum absolute atomic E-state index is 12.1. The Balaban J connectivity index is 3.03. The number of nitrogens with two attached hydrogens (primary N) is 1. The average molecular weight is 303 g/mol. The largest absolute Gasteiger partial charge is 0.383 e. The van der Waals surface area contributed by atoms with Gasteiger partial charge in [0.2, 0.25) is 10.0 Å². The average Bonchev–Trinajstić information content (AvgIpc) is 2.73. The number of primary sulfonamides is 1. The van der Waals surface area contributed by atoms with Gasteiger partial charge in [-0.25, -0.2) is 13.6 Å². The number of sulfonamides is 1. The maximum Gasteiger partial charge on any atom is 0.268 e. The van der Waals surface area contributed by atoms with Crippen molar-refractivity contribution in [2.75, 3.05) is 13.7 Å². The molecule has 3 N–H and O–H groups in total. The Kier molecular flexibility index (Phi) is 5.73. The molecule has 20 heavy (non-hydrogen) atoms. The summed E-state index contributed by atoms with van der Waals surface area (Å²) in [5.74, 6) is -0.349. The minimum atomic E-state index is -3.82. The molecule has 114 valence electrons. The van der Waals surface area contributed by atoms with Gasteiger partial charge in [0, 0.05) is 25.9 Å². The van der Waals surface area contributed by atoms with Gasteiger partial charge in [-0.2, -0.15) is 0 Å². The van der Waals surface area contributed by atoms with E-state index in [1.807, 2.05) is 6.92 Å². The molecule has 7 nitrogen and oxygen atoms in total. The van der Waals surface area contributed by atoms with Crippen molar-refractivity contribution in [3.63, 3.8) is 0 Å². The summed E-state index contributed by atoms with van der Waals surface area (Å²) in [7, 11) is -2.28. The Labute approximate surface area is 119 Å². The van der Waals surface area contributed by atoms with Gasteiger partial charge in [0.1, 0.15) is 10.6 Å². The third-order valence-corrected chi connectivity index (χ3v) is 3.57. The molecule has 0 aliphatic carbocycles. The van der Waals surface area contributed by atoms with Crippen molar-refractivity contribution in [2.24, 2.45) is 5.14 Å². The second-order valence-corrected chi connectivity index (χ2v) is 6.19. The number of methoxy groups -OCH3 is 1. The fraction of sp³-hybridized carbons (Fsp3) is 0.583. The summed E-state index contributed by atoms with van der Waals surface area (Å²) >= 11 is 0. The highest BCUT2D eigenvalue weighted by atomic mass is 32.2. The van der Waals surface area contributed by atoms with Crippen LogP contribution in [0.2, 0.25) is 0 Å². The van der Waals surface area contributed by atoms with Crippen LogP contribution in [0.25, 0.3) is 0 Å². The number of aryl methyl sites for hydroxylation is 1. The van der Waals surface area contributed by atoms with Crippen LogP contribution in [0.1, 0.15) is 30.8 Å². The van der Waals surface area contributed by atoms with Crippen molar-refractivity contribution in [2.45, 2.75) is 37.8 Å². The minimum absolute atomic E-state index is 0.0597. The molecule has 0 fully saturated rings. The van der Waals surface area contributed by atoms with Crippen LogP contribution in [0.3, 0.4) is 0 Å². The number of nitrogens with one attached hydrogen (secondary N) is 1. The van der Waals surface area contributed by atoms with Crippen LogP contribution in [0, 0.1) is 0 Å². The zero-order valence-corrected chi connectivity index (χ0v) is 12.7. The van der Waals surface area contributed by atoms with E-state index in [1.165, 1.54) is 12.3 Å². The molecule has 1 amide bonds. The summed E-state index contributed by atoms with van der Waals surface area (Å²) in [5, 5.41) is 7.83. The van der Waals surface area contributed by atoms with Crippen LogP contribution in [-0.4, -0.2) is 38.7 Å². The number of nitrogens with zero attached hydrogens (tertiary/aromatic N) is 1. The number of carbonyl (C=O) groups excluding carboxylic acids is 1.